The normalized spacial score (nSPS) is 15.8. The molecule has 3 nitrogen and oxygen atoms in total. The number of hydrogen-bond donors (Lipinski definition) is 0. The van der Waals surface area contributed by atoms with Gasteiger partial charge in [-0.05, 0) is 6.07 Å². The number of carbonyl (C=O) groups excluding carboxylic acids is 1. The highest BCUT2D eigenvalue weighted by Gasteiger charge is 2.26. The summed E-state index contributed by atoms with van der Waals surface area (Å²) in [6, 6.07) is 1.42. The smallest absolute Gasteiger partial charge is 0.171 e. The number of nitrogens with zero attached hydrogens (tertiary/aromatic N) is 2. The highest BCUT2D eigenvalue weighted by atomic mass is 19.1. The molecule has 5 heteroatoms. The fourth-order valence-corrected chi connectivity index (χ4v) is 1.29. The highest BCUT2D eigenvalue weighted by molar-refractivity contribution is 6.32. The van der Waals surface area contributed by atoms with E-state index in [2.05, 4.69) is 4.98 Å². The fourth-order valence-electron chi connectivity index (χ4n) is 1.29. The Morgan fingerprint density at radius 3 is 2.77 bits per heavy atom. The lowest BCUT2D eigenvalue weighted by Crippen LogP contribution is -2.48. The van der Waals surface area contributed by atoms with Crippen molar-refractivity contribution in [2.75, 3.05) is 18.0 Å². The highest BCUT2D eigenvalue weighted by Crippen LogP contribution is 2.17. The Labute approximate surface area is 76.0 Å². The second-order valence-corrected chi connectivity index (χ2v) is 3.21. The van der Waals surface area contributed by atoms with E-state index in [1.54, 1.807) is 18.9 Å². The molecule has 1 fully saturated rings. The first kappa shape index (κ1) is 8.22. The van der Waals surface area contributed by atoms with Crippen LogP contribution in [0.25, 0.3) is 0 Å². The molecule has 0 aromatic carbocycles. The van der Waals surface area contributed by atoms with E-state index >= 15 is 0 Å². The second-order valence-electron chi connectivity index (χ2n) is 3.21. The molecule has 0 amide bonds. The van der Waals surface area contributed by atoms with Crippen molar-refractivity contribution < 1.29 is 9.18 Å². The Morgan fingerprint density at radius 1 is 1.54 bits per heavy atom. The van der Waals surface area contributed by atoms with Gasteiger partial charge in [-0.25, -0.2) is 9.37 Å². The fraction of sp³-hybridized carbons (Fsp3) is 0.250. The summed E-state index contributed by atoms with van der Waals surface area (Å²) in [5.74, 6) is 0.0551. The summed E-state index contributed by atoms with van der Waals surface area (Å²) < 4.78 is 13.2. The van der Waals surface area contributed by atoms with E-state index in [4.69, 9.17) is 0 Å². The van der Waals surface area contributed by atoms with Crippen LogP contribution in [0.5, 0.6) is 0 Å². The number of Topliss-reactive ketones (excluding diaryl/α,β-unsaturated/α-hetero) is 1. The van der Waals surface area contributed by atoms with Gasteiger partial charge in [0.2, 0.25) is 0 Å². The number of carbonyl (C=O) groups is 1. The number of hydrogen-bond acceptors (Lipinski definition) is 3. The zero-order valence-corrected chi connectivity index (χ0v) is 7.25. The minimum absolute atomic E-state index is 0.127. The van der Waals surface area contributed by atoms with Crippen LogP contribution in [0, 0.1) is 5.82 Å². The van der Waals surface area contributed by atoms with Crippen LogP contribution in [-0.4, -0.2) is 31.7 Å². The standard InChI is InChI=1S/C8H8BFN2O/c9-5-1-7(10)8(11-2-5)12-3-6(13)4-12/h1-2H,3-4,9H2. The molecule has 1 saturated heterocycles. The van der Waals surface area contributed by atoms with E-state index in [1.807, 2.05) is 0 Å². The largest absolute Gasteiger partial charge is 0.339 e. The summed E-state index contributed by atoms with van der Waals surface area (Å²) in [4.78, 5) is 16.2. The zero-order chi connectivity index (χ0) is 9.42. The number of halogens is 1. The molecule has 0 unspecified atom stereocenters. The van der Waals surface area contributed by atoms with Gasteiger partial charge >= 0.3 is 0 Å². The van der Waals surface area contributed by atoms with Crippen LogP contribution in [-0.2, 0) is 4.79 Å². The Balaban J connectivity index is 2.26. The van der Waals surface area contributed by atoms with Crippen molar-refractivity contribution in [3.8, 4) is 0 Å². The topological polar surface area (TPSA) is 33.2 Å². The van der Waals surface area contributed by atoms with E-state index < -0.39 is 0 Å². The number of pyridine rings is 1. The lowest BCUT2D eigenvalue weighted by atomic mass is 9.99. The molecule has 0 N–H and O–H groups in total. The molecule has 1 aliphatic heterocycles. The SMILES string of the molecule is Bc1cnc(N2CC(=O)C2)c(F)c1. The second kappa shape index (κ2) is 2.83. The average Bonchev–Trinajstić information content (AvgIpc) is 2.00. The maximum absolute atomic E-state index is 13.2. The molecule has 2 heterocycles. The van der Waals surface area contributed by atoms with Crippen LogP contribution in [0.3, 0.4) is 0 Å². The van der Waals surface area contributed by atoms with Gasteiger partial charge in [0.15, 0.2) is 17.4 Å². The third-order valence-electron chi connectivity index (χ3n) is 1.99. The quantitative estimate of drug-likeness (QED) is 0.510. The number of rotatable bonds is 1. The summed E-state index contributed by atoms with van der Waals surface area (Å²) in [6.07, 6.45) is 1.60. The van der Waals surface area contributed by atoms with Crippen molar-refractivity contribution in [3.05, 3.63) is 18.1 Å². The number of aromatic nitrogens is 1. The number of anilines is 1. The van der Waals surface area contributed by atoms with Crippen molar-refractivity contribution in [1.29, 1.82) is 0 Å². The van der Waals surface area contributed by atoms with Gasteiger partial charge in [0.1, 0.15) is 7.85 Å². The van der Waals surface area contributed by atoms with E-state index in [0.29, 0.717) is 0 Å². The molecule has 0 bridgehead atoms. The van der Waals surface area contributed by atoms with Crippen LogP contribution in [0.1, 0.15) is 0 Å². The monoisotopic (exact) mass is 178 g/mol. The number of ketones is 1. The first-order valence-electron chi connectivity index (χ1n) is 4.05. The molecular formula is C8H8BFN2O. The lowest BCUT2D eigenvalue weighted by molar-refractivity contribution is -0.119. The van der Waals surface area contributed by atoms with Crippen molar-refractivity contribution >= 4 is 24.9 Å². The molecule has 13 heavy (non-hydrogen) atoms. The minimum atomic E-state index is -0.354. The lowest BCUT2D eigenvalue weighted by Gasteiger charge is -2.30. The van der Waals surface area contributed by atoms with E-state index in [0.717, 1.165) is 5.46 Å². The molecule has 1 aromatic rings. The Hall–Kier alpha value is -1.39. The Kier molecular flexibility index (Phi) is 1.79. The van der Waals surface area contributed by atoms with Crippen LogP contribution in [0.2, 0.25) is 0 Å². The van der Waals surface area contributed by atoms with E-state index in [1.165, 1.54) is 6.07 Å². The van der Waals surface area contributed by atoms with Gasteiger partial charge in [-0.1, -0.05) is 5.46 Å². The molecule has 1 aliphatic rings. The molecule has 66 valence electrons. The van der Waals surface area contributed by atoms with Gasteiger partial charge in [0.05, 0.1) is 13.1 Å². The predicted octanol–water partition coefficient (Wildman–Crippen LogP) is -1.13. The Morgan fingerprint density at radius 2 is 2.23 bits per heavy atom. The van der Waals surface area contributed by atoms with Gasteiger partial charge in [0.25, 0.3) is 0 Å². The van der Waals surface area contributed by atoms with Crippen LogP contribution in [0.4, 0.5) is 10.2 Å². The minimum Gasteiger partial charge on any atom is -0.339 e. The first-order valence-corrected chi connectivity index (χ1v) is 4.05. The third kappa shape index (κ3) is 1.41. The van der Waals surface area contributed by atoms with Gasteiger partial charge in [-0.2, -0.15) is 0 Å². The molecular weight excluding hydrogens is 170 g/mol. The van der Waals surface area contributed by atoms with Crippen molar-refractivity contribution in [1.82, 2.24) is 4.98 Å². The summed E-state index contributed by atoms with van der Waals surface area (Å²) in [5, 5.41) is 0. The summed E-state index contributed by atoms with van der Waals surface area (Å²) in [7, 11) is 1.78. The first-order chi connectivity index (χ1) is 6.16. The molecule has 2 rings (SSSR count). The molecule has 0 radical (unpaired) electrons. The summed E-state index contributed by atoms with van der Waals surface area (Å²) in [6.45, 7) is 0.569. The summed E-state index contributed by atoms with van der Waals surface area (Å²) >= 11 is 0. The maximum atomic E-state index is 13.2. The van der Waals surface area contributed by atoms with Crippen molar-refractivity contribution in [3.63, 3.8) is 0 Å². The van der Waals surface area contributed by atoms with E-state index in [-0.39, 0.29) is 30.5 Å². The Bertz CT molecular complexity index is 361. The van der Waals surface area contributed by atoms with Gasteiger partial charge in [-0.15, -0.1) is 0 Å². The molecule has 0 atom stereocenters. The van der Waals surface area contributed by atoms with Crippen molar-refractivity contribution in [2.45, 2.75) is 0 Å². The van der Waals surface area contributed by atoms with E-state index in [9.17, 15) is 9.18 Å². The molecule has 0 spiro atoms. The van der Waals surface area contributed by atoms with Gasteiger partial charge < -0.3 is 4.90 Å². The predicted molar refractivity (Wildman–Crippen MR) is 49.6 cm³/mol. The van der Waals surface area contributed by atoms with Crippen LogP contribution < -0.4 is 10.4 Å². The molecule has 1 aromatic heterocycles. The van der Waals surface area contributed by atoms with Crippen LogP contribution >= 0.6 is 0 Å². The average molecular weight is 178 g/mol. The van der Waals surface area contributed by atoms with Gasteiger partial charge in [-0.3, -0.25) is 4.79 Å². The van der Waals surface area contributed by atoms with Crippen molar-refractivity contribution in [2.24, 2.45) is 0 Å². The third-order valence-corrected chi connectivity index (χ3v) is 1.99. The zero-order valence-electron chi connectivity index (χ0n) is 7.25. The van der Waals surface area contributed by atoms with Crippen LogP contribution in [0.15, 0.2) is 12.3 Å². The molecule has 0 saturated carbocycles. The maximum Gasteiger partial charge on any atom is 0.171 e. The summed E-state index contributed by atoms with van der Waals surface area (Å²) in [5.41, 5.74) is 0.785. The van der Waals surface area contributed by atoms with Gasteiger partial charge in [0, 0.05) is 6.20 Å². The molecule has 0 aliphatic carbocycles.